The Labute approximate surface area is 108 Å². The molecule has 0 aromatic carbocycles. The zero-order valence-corrected chi connectivity index (χ0v) is 11.0. The zero-order valence-electron chi connectivity index (χ0n) is 11.0. The molecule has 0 bridgehead atoms. The van der Waals surface area contributed by atoms with Gasteiger partial charge < -0.3 is 15.3 Å². The minimum Gasteiger partial charge on any atom is -0.481 e. The van der Waals surface area contributed by atoms with Crippen molar-refractivity contribution < 1.29 is 24.9 Å². The topological polar surface area (TPSA) is 94.8 Å². The zero-order chi connectivity index (χ0) is 14.0. The standard InChI is InChI=1S/C13H24O5/c1-2-3-4-5-11(14)8-6-10(13(17)18)7-9-12(15)16/h10-11,14H,2-9H2,1H3,(H,15,16)(H,17,18). The van der Waals surface area contributed by atoms with Crippen LogP contribution in [0.4, 0.5) is 0 Å². The van der Waals surface area contributed by atoms with Gasteiger partial charge in [-0.25, -0.2) is 0 Å². The van der Waals surface area contributed by atoms with Gasteiger partial charge in [-0.3, -0.25) is 9.59 Å². The van der Waals surface area contributed by atoms with Crippen molar-refractivity contribution in [3.8, 4) is 0 Å². The van der Waals surface area contributed by atoms with Crippen LogP contribution in [0.25, 0.3) is 0 Å². The molecule has 0 aromatic heterocycles. The number of carboxylic acid groups (broad SMARTS) is 2. The van der Waals surface area contributed by atoms with Crippen LogP contribution in [0.5, 0.6) is 0 Å². The Balaban J connectivity index is 3.88. The number of unbranched alkanes of at least 4 members (excludes halogenated alkanes) is 2. The fraction of sp³-hybridized carbons (Fsp3) is 0.846. The van der Waals surface area contributed by atoms with Crippen LogP contribution in [0.3, 0.4) is 0 Å². The Morgan fingerprint density at radius 2 is 1.67 bits per heavy atom. The average Bonchev–Trinajstić information content (AvgIpc) is 2.28. The third kappa shape index (κ3) is 8.98. The van der Waals surface area contributed by atoms with Gasteiger partial charge in [0, 0.05) is 6.42 Å². The molecule has 0 spiro atoms. The number of carboxylic acids is 2. The third-order valence-electron chi connectivity index (χ3n) is 3.05. The maximum atomic E-state index is 10.9. The first-order chi connectivity index (χ1) is 8.47. The van der Waals surface area contributed by atoms with E-state index in [0.717, 1.165) is 19.3 Å². The van der Waals surface area contributed by atoms with Crippen LogP contribution < -0.4 is 0 Å². The fourth-order valence-corrected chi connectivity index (χ4v) is 1.86. The summed E-state index contributed by atoms with van der Waals surface area (Å²) in [5.41, 5.74) is 0. The highest BCUT2D eigenvalue weighted by atomic mass is 16.4. The Bertz CT molecular complexity index is 252. The summed E-state index contributed by atoms with van der Waals surface area (Å²) in [6.07, 6.45) is 4.10. The smallest absolute Gasteiger partial charge is 0.306 e. The summed E-state index contributed by atoms with van der Waals surface area (Å²) in [4.78, 5) is 21.3. The first-order valence-corrected chi connectivity index (χ1v) is 6.60. The van der Waals surface area contributed by atoms with Gasteiger partial charge >= 0.3 is 11.9 Å². The lowest BCUT2D eigenvalue weighted by atomic mass is 9.94. The molecule has 0 fully saturated rings. The van der Waals surface area contributed by atoms with Crippen molar-refractivity contribution >= 4 is 11.9 Å². The molecule has 18 heavy (non-hydrogen) atoms. The van der Waals surface area contributed by atoms with Crippen molar-refractivity contribution in [1.29, 1.82) is 0 Å². The number of aliphatic hydroxyl groups is 1. The van der Waals surface area contributed by atoms with Crippen molar-refractivity contribution in [2.75, 3.05) is 0 Å². The van der Waals surface area contributed by atoms with Gasteiger partial charge in [-0.2, -0.15) is 0 Å². The van der Waals surface area contributed by atoms with E-state index in [2.05, 4.69) is 6.92 Å². The highest BCUT2D eigenvalue weighted by Gasteiger charge is 2.19. The molecule has 3 N–H and O–H groups in total. The van der Waals surface area contributed by atoms with E-state index >= 15 is 0 Å². The molecule has 5 nitrogen and oxygen atoms in total. The van der Waals surface area contributed by atoms with Gasteiger partial charge in [-0.05, 0) is 25.7 Å². The van der Waals surface area contributed by atoms with Crippen LogP contribution in [0.15, 0.2) is 0 Å². The molecule has 2 unspecified atom stereocenters. The number of hydrogen-bond acceptors (Lipinski definition) is 3. The molecule has 0 heterocycles. The number of carbonyl (C=O) groups is 2. The van der Waals surface area contributed by atoms with Crippen molar-refractivity contribution in [2.24, 2.45) is 5.92 Å². The predicted molar refractivity (Wildman–Crippen MR) is 67.4 cm³/mol. The molecule has 106 valence electrons. The second-order valence-corrected chi connectivity index (χ2v) is 4.69. The summed E-state index contributed by atoms with van der Waals surface area (Å²) in [6, 6.07) is 0. The van der Waals surface area contributed by atoms with E-state index < -0.39 is 24.0 Å². The normalized spacial score (nSPS) is 14.1. The molecule has 0 aromatic rings. The Hall–Kier alpha value is -1.10. The lowest BCUT2D eigenvalue weighted by molar-refractivity contribution is -0.143. The van der Waals surface area contributed by atoms with E-state index in [-0.39, 0.29) is 12.8 Å². The van der Waals surface area contributed by atoms with E-state index in [4.69, 9.17) is 10.2 Å². The van der Waals surface area contributed by atoms with Gasteiger partial charge in [0.1, 0.15) is 0 Å². The van der Waals surface area contributed by atoms with Gasteiger partial charge in [0.2, 0.25) is 0 Å². The molecule has 0 saturated carbocycles. The van der Waals surface area contributed by atoms with E-state index in [1.54, 1.807) is 0 Å². The van der Waals surface area contributed by atoms with E-state index in [1.165, 1.54) is 0 Å². The predicted octanol–water partition coefficient (Wildman–Crippen LogP) is 2.27. The van der Waals surface area contributed by atoms with Crippen molar-refractivity contribution in [3.05, 3.63) is 0 Å². The Morgan fingerprint density at radius 3 is 2.17 bits per heavy atom. The summed E-state index contributed by atoms with van der Waals surface area (Å²) in [5, 5.41) is 27.1. The summed E-state index contributed by atoms with van der Waals surface area (Å²) in [5.74, 6) is -2.62. The molecule has 0 radical (unpaired) electrons. The third-order valence-corrected chi connectivity index (χ3v) is 3.05. The molecule has 0 amide bonds. The monoisotopic (exact) mass is 260 g/mol. The van der Waals surface area contributed by atoms with E-state index in [0.29, 0.717) is 19.3 Å². The summed E-state index contributed by atoms with van der Waals surface area (Å²) in [6.45, 7) is 2.08. The number of rotatable bonds is 11. The lowest BCUT2D eigenvalue weighted by Crippen LogP contribution is -2.18. The molecular weight excluding hydrogens is 236 g/mol. The molecule has 0 aliphatic heterocycles. The van der Waals surface area contributed by atoms with Crippen LogP contribution in [-0.4, -0.2) is 33.4 Å². The van der Waals surface area contributed by atoms with Crippen molar-refractivity contribution in [2.45, 2.75) is 64.4 Å². The Morgan fingerprint density at radius 1 is 1.00 bits per heavy atom. The van der Waals surface area contributed by atoms with E-state index in [9.17, 15) is 14.7 Å². The number of hydrogen-bond donors (Lipinski definition) is 3. The highest BCUT2D eigenvalue weighted by Crippen LogP contribution is 2.17. The molecule has 0 aliphatic rings. The fourth-order valence-electron chi connectivity index (χ4n) is 1.86. The molecular formula is C13H24O5. The van der Waals surface area contributed by atoms with Gasteiger partial charge in [-0.15, -0.1) is 0 Å². The van der Waals surface area contributed by atoms with Gasteiger partial charge in [-0.1, -0.05) is 26.2 Å². The largest absolute Gasteiger partial charge is 0.481 e. The first-order valence-electron chi connectivity index (χ1n) is 6.60. The molecule has 0 rings (SSSR count). The summed E-state index contributed by atoms with van der Waals surface area (Å²) >= 11 is 0. The number of aliphatic hydroxyl groups excluding tert-OH is 1. The molecule has 0 saturated heterocycles. The van der Waals surface area contributed by atoms with Crippen LogP contribution in [-0.2, 0) is 9.59 Å². The first kappa shape index (κ1) is 16.9. The molecule has 5 heteroatoms. The quantitative estimate of drug-likeness (QED) is 0.495. The minimum absolute atomic E-state index is 0.131. The average molecular weight is 260 g/mol. The van der Waals surface area contributed by atoms with Crippen LogP contribution in [0.2, 0.25) is 0 Å². The second-order valence-electron chi connectivity index (χ2n) is 4.69. The van der Waals surface area contributed by atoms with Crippen LogP contribution in [0, 0.1) is 5.92 Å². The van der Waals surface area contributed by atoms with Crippen LogP contribution >= 0.6 is 0 Å². The number of aliphatic carboxylic acids is 2. The molecule has 0 aliphatic carbocycles. The SMILES string of the molecule is CCCCCC(O)CCC(CCC(=O)O)C(=O)O. The minimum atomic E-state index is -0.982. The second kappa shape index (κ2) is 9.88. The van der Waals surface area contributed by atoms with Crippen molar-refractivity contribution in [3.63, 3.8) is 0 Å². The summed E-state index contributed by atoms with van der Waals surface area (Å²) < 4.78 is 0. The molecule has 2 atom stereocenters. The Kier molecular flexibility index (Phi) is 9.28. The summed E-state index contributed by atoms with van der Waals surface area (Å²) in [7, 11) is 0. The van der Waals surface area contributed by atoms with Gasteiger partial charge in [0.25, 0.3) is 0 Å². The maximum absolute atomic E-state index is 10.9. The maximum Gasteiger partial charge on any atom is 0.306 e. The van der Waals surface area contributed by atoms with Crippen LogP contribution in [0.1, 0.15) is 58.3 Å². The van der Waals surface area contributed by atoms with E-state index in [1.807, 2.05) is 0 Å². The van der Waals surface area contributed by atoms with Crippen molar-refractivity contribution in [1.82, 2.24) is 0 Å². The lowest BCUT2D eigenvalue weighted by Gasteiger charge is -2.14. The highest BCUT2D eigenvalue weighted by molar-refractivity contribution is 5.72. The van der Waals surface area contributed by atoms with Gasteiger partial charge in [0.05, 0.1) is 12.0 Å². The van der Waals surface area contributed by atoms with Gasteiger partial charge in [0.15, 0.2) is 0 Å².